The minimum atomic E-state index is 0.467. The minimum absolute atomic E-state index is 0.467. The van der Waals surface area contributed by atoms with Crippen LogP contribution in [0.3, 0.4) is 0 Å². The number of H-pyrrole nitrogens is 1. The molecule has 0 aliphatic heterocycles. The molecule has 0 amide bonds. The Morgan fingerprint density at radius 1 is 0.690 bits per heavy atom. The molecule has 5 aromatic rings. The van der Waals surface area contributed by atoms with Gasteiger partial charge in [-0.3, -0.25) is 4.98 Å². The smallest absolute Gasteiger partial charge is 0.247 e. The number of benzene rings is 3. The van der Waals surface area contributed by atoms with Gasteiger partial charge in [0.2, 0.25) is 5.95 Å². The van der Waals surface area contributed by atoms with E-state index in [0.29, 0.717) is 5.95 Å². The zero-order valence-electron chi connectivity index (χ0n) is 15.5. The molecule has 138 valence electrons. The van der Waals surface area contributed by atoms with Crippen molar-refractivity contribution in [2.75, 3.05) is 0 Å². The molecular weight excluding hydrogens is 358 g/mol. The van der Waals surface area contributed by atoms with Crippen molar-refractivity contribution in [3.63, 3.8) is 0 Å². The Hall–Kier alpha value is -4.12. The molecule has 0 aliphatic rings. The molecule has 5 heteroatoms. The van der Waals surface area contributed by atoms with E-state index in [1.54, 1.807) is 6.20 Å². The zero-order valence-corrected chi connectivity index (χ0v) is 15.5. The topological polar surface area (TPSA) is 66.3 Å². The third-order valence-corrected chi connectivity index (χ3v) is 4.65. The van der Waals surface area contributed by atoms with E-state index in [1.807, 2.05) is 78.9 Å². The summed E-state index contributed by atoms with van der Waals surface area (Å²) in [6, 6.07) is 29.9. The molecule has 5 rings (SSSR count). The maximum atomic E-state index is 4.71. The second-order valence-electron chi connectivity index (χ2n) is 6.60. The van der Waals surface area contributed by atoms with Gasteiger partial charge in [-0.2, -0.15) is 0 Å². The Bertz CT molecular complexity index is 1230. The van der Waals surface area contributed by atoms with Crippen molar-refractivity contribution < 1.29 is 0 Å². The van der Waals surface area contributed by atoms with Gasteiger partial charge in [-0.1, -0.05) is 66.7 Å². The predicted octanol–water partition coefficient (Wildman–Crippen LogP) is 6.71. The highest BCUT2D eigenvalue weighted by molar-refractivity contribution is 5.81. The molecule has 5 nitrogen and oxygen atoms in total. The normalized spacial score (nSPS) is 11.3. The van der Waals surface area contributed by atoms with Crippen LogP contribution in [0.15, 0.2) is 107 Å². The van der Waals surface area contributed by atoms with Crippen LogP contribution < -0.4 is 0 Å². The molecule has 2 aromatic heterocycles. The number of hydrogen-bond donors (Lipinski definition) is 1. The molecular formula is C24H17N5. The zero-order chi connectivity index (χ0) is 19.5. The Kier molecular flexibility index (Phi) is 4.39. The van der Waals surface area contributed by atoms with Crippen LogP contribution in [0.2, 0.25) is 0 Å². The van der Waals surface area contributed by atoms with Crippen LogP contribution in [0.5, 0.6) is 0 Å². The summed E-state index contributed by atoms with van der Waals surface area (Å²) < 4.78 is 0. The average molecular weight is 375 g/mol. The van der Waals surface area contributed by atoms with Crippen molar-refractivity contribution in [3.8, 4) is 22.5 Å². The van der Waals surface area contributed by atoms with Crippen molar-refractivity contribution in [2.24, 2.45) is 10.2 Å². The summed E-state index contributed by atoms with van der Waals surface area (Å²) in [5.74, 6) is 0.467. The third-order valence-electron chi connectivity index (χ3n) is 4.65. The van der Waals surface area contributed by atoms with E-state index < -0.39 is 0 Å². The van der Waals surface area contributed by atoms with Crippen molar-refractivity contribution in [1.82, 2.24) is 15.0 Å². The first-order valence-electron chi connectivity index (χ1n) is 9.34. The summed E-state index contributed by atoms with van der Waals surface area (Å²) in [5.41, 5.74) is 5.55. The molecule has 2 heterocycles. The molecule has 0 saturated carbocycles. The molecule has 0 saturated heterocycles. The summed E-state index contributed by atoms with van der Waals surface area (Å²) in [6.07, 6.45) is 1.78. The molecule has 0 bridgehead atoms. The van der Waals surface area contributed by atoms with Crippen LogP contribution in [0.4, 0.5) is 11.6 Å². The number of hydrogen-bond acceptors (Lipinski definition) is 4. The van der Waals surface area contributed by atoms with E-state index in [9.17, 15) is 0 Å². The summed E-state index contributed by atoms with van der Waals surface area (Å²) in [5, 5.41) is 9.75. The van der Waals surface area contributed by atoms with Crippen molar-refractivity contribution in [3.05, 3.63) is 97.2 Å². The Morgan fingerprint density at radius 3 is 2.24 bits per heavy atom. The standard InChI is InChI=1S/C24H17N5/c1-3-8-17(9-4-1)22-23(18-10-5-2-6-11-18)27-24(26-22)29-28-20-13-14-21-19(16-20)12-7-15-25-21/h1-16H,(H,26,27). The van der Waals surface area contributed by atoms with Gasteiger partial charge in [-0.15, -0.1) is 10.2 Å². The van der Waals surface area contributed by atoms with Gasteiger partial charge in [-0.25, -0.2) is 4.98 Å². The number of rotatable bonds is 4. The van der Waals surface area contributed by atoms with Crippen molar-refractivity contribution >= 4 is 22.5 Å². The number of imidazole rings is 1. The molecule has 29 heavy (non-hydrogen) atoms. The molecule has 1 N–H and O–H groups in total. The van der Waals surface area contributed by atoms with E-state index >= 15 is 0 Å². The summed E-state index contributed by atoms with van der Waals surface area (Å²) in [6.45, 7) is 0. The first kappa shape index (κ1) is 17.0. The predicted molar refractivity (Wildman–Crippen MR) is 115 cm³/mol. The Balaban J connectivity index is 1.54. The van der Waals surface area contributed by atoms with Gasteiger partial charge in [0, 0.05) is 22.7 Å². The monoisotopic (exact) mass is 375 g/mol. The fourth-order valence-corrected chi connectivity index (χ4v) is 3.26. The average Bonchev–Trinajstić information content (AvgIpc) is 3.23. The van der Waals surface area contributed by atoms with E-state index in [4.69, 9.17) is 4.98 Å². The maximum absolute atomic E-state index is 4.71. The lowest BCUT2D eigenvalue weighted by atomic mass is 10.1. The molecule has 0 aliphatic carbocycles. The third kappa shape index (κ3) is 3.53. The number of azo groups is 1. The highest BCUT2D eigenvalue weighted by Gasteiger charge is 2.13. The first-order valence-corrected chi connectivity index (χ1v) is 9.34. The molecule has 0 atom stereocenters. The van der Waals surface area contributed by atoms with Crippen molar-refractivity contribution in [2.45, 2.75) is 0 Å². The van der Waals surface area contributed by atoms with Crippen LogP contribution >= 0.6 is 0 Å². The number of aromatic nitrogens is 3. The van der Waals surface area contributed by atoms with Gasteiger partial charge < -0.3 is 4.98 Å². The van der Waals surface area contributed by atoms with Crippen LogP contribution in [-0.4, -0.2) is 15.0 Å². The number of pyridine rings is 1. The van der Waals surface area contributed by atoms with Gasteiger partial charge in [0.1, 0.15) is 0 Å². The van der Waals surface area contributed by atoms with Gasteiger partial charge in [-0.05, 0) is 24.3 Å². The van der Waals surface area contributed by atoms with Crippen molar-refractivity contribution in [1.29, 1.82) is 0 Å². The second-order valence-corrected chi connectivity index (χ2v) is 6.60. The fraction of sp³-hybridized carbons (Fsp3) is 0. The maximum Gasteiger partial charge on any atom is 0.247 e. The van der Waals surface area contributed by atoms with E-state index in [-0.39, 0.29) is 0 Å². The van der Waals surface area contributed by atoms with Gasteiger partial charge >= 0.3 is 0 Å². The van der Waals surface area contributed by atoms with Crippen LogP contribution in [0.25, 0.3) is 33.4 Å². The number of nitrogens with one attached hydrogen (secondary N) is 1. The van der Waals surface area contributed by atoms with Gasteiger partial charge in [0.25, 0.3) is 0 Å². The number of aromatic amines is 1. The lowest BCUT2D eigenvalue weighted by molar-refractivity contribution is 1.13. The quantitative estimate of drug-likeness (QED) is 0.355. The Morgan fingerprint density at radius 2 is 1.45 bits per heavy atom. The highest BCUT2D eigenvalue weighted by Crippen LogP contribution is 2.32. The largest absolute Gasteiger partial charge is 0.320 e. The number of nitrogens with zero attached hydrogens (tertiary/aromatic N) is 4. The van der Waals surface area contributed by atoms with Gasteiger partial charge in [0.05, 0.1) is 22.6 Å². The summed E-state index contributed by atoms with van der Waals surface area (Å²) >= 11 is 0. The molecule has 0 unspecified atom stereocenters. The second kappa shape index (κ2) is 7.48. The van der Waals surface area contributed by atoms with Crippen LogP contribution in [0.1, 0.15) is 0 Å². The summed E-state index contributed by atoms with van der Waals surface area (Å²) in [7, 11) is 0. The first-order chi connectivity index (χ1) is 14.4. The summed E-state index contributed by atoms with van der Waals surface area (Å²) in [4.78, 5) is 12.4. The van der Waals surface area contributed by atoms with E-state index in [0.717, 1.165) is 39.1 Å². The van der Waals surface area contributed by atoms with E-state index in [2.05, 4.69) is 32.3 Å². The molecule has 0 radical (unpaired) electrons. The number of fused-ring (bicyclic) bond motifs is 1. The Labute approximate surface area is 167 Å². The highest BCUT2D eigenvalue weighted by atomic mass is 15.2. The lowest BCUT2D eigenvalue weighted by Crippen LogP contribution is -1.82. The minimum Gasteiger partial charge on any atom is -0.320 e. The van der Waals surface area contributed by atoms with Crippen LogP contribution in [-0.2, 0) is 0 Å². The molecule has 0 spiro atoms. The SMILES string of the molecule is c1ccc(-c2nc(N=Nc3ccc4ncccc4c3)[nH]c2-c2ccccc2)cc1. The van der Waals surface area contributed by atoms with Crippen LogP contribution in [0, 0.1) is 0 Å². The fourth-order valence-electron chi connectivity index (χ4n) is 3.26. The van der Waals surface area contributed by atoms with E-state index in [1.165, 1.54) is 0 Å². The van der Waals surface area contributed by atoms with Gasteiger partial charge in [0.15, 0.2) is 0 Å². The molecule has 3 aromatic carbocycles. The lowest BCUT2D eigenvalue weighted by Gasteiger charge is -2.02. The molecule has 0 fully saturated rings.